The molecule has 0 fully saturated rings. The van der Waals surface area contributed by atoms with E-state index in [9.17, 15) is 9.90 Å². The average Bonchev–Trinajstić information content (AvgIpc) is 2.71. The summed E-state index contributed by atoms with van der Waals surface area (Å²) in [6, 6.07) is 0. The normalized spacial score (nSPS) is 11.3. The molecule has 0 atom stereocenters. The molecule has 6 nitrogen and oxygen atoms in total. The van der Waals surface area contributed by atoms with Crippen LogP contribution >= 0.6 is 0 Å². The summed E-state index contributed by atoms with van der Waals surface area (Å²) in [7, 11) is 6.11. The number of carboxylic acid groups (broad SMARTS) is 1. The minimum Gasteiger partial charge on any atom is -0.492 e. The largest absolute Gasteiger partial charge is 0.492 e. The second-order valence-electron chi connectivity index (χ2n) is 7.02. The van der Waals surface area contributed by atoms with E-state index in [0.29, 0.717) is 40.6 Å². The molecule has 0 heterocycles. The highest BCUT2D eigenvalue weighted by Crippen LogP contribution is 2.50. The van der Waals surface area contributed by atoms with Gasteiger partial charge < -0.3 is 24.1 Å². The molecule has 0 amide bonds. The number of ether oxygens (including phenoxy) is 4. The number of rotatable bonds is 14. The Hall–Kier alpha value is -2.37. The topological polar surface area (TPSA) is 74.2 Å². The lowest BCUT2D eigenvalue weighted by Crippen LogP contribution is -2.05. The molecule has 0 bridgehead atoms. The zero-order valence-electron chi connectivity index (χ0n) is 18.7. The molecule has 0 aliphatic heterocycles. The van der Waals surface area contributed by atoms with Crippen LogP contribution in [0.25, 0.3) is 6.08 Å². The minimum atomic E-state index is -0.925. The first-order chi connectivity index (χ1) is 14.0. The molecule has 0 radical (unpaired) electrons. The first-order valence-corrected chi connectivity index (χ1v) is 10.3. The van der Waals surface area contributed by atoms with E-state index in [0.717, 1.165) is 24.8 Å². The van der Waals surface area contributed by atoms with Gasteiger partial charge >= 0.3 is 5.97 Å². The molecule has 0 unspecified atom stereocenters. The Morgan fingerprint density at radius 2 is 1.28 bits per heavy atom. The van der Waals surface area contributed by atoms with E-state index in [4.69, 9.17) is 18.9 Å². The summed E-state index contributed by atoms with van der Waals surface area (Å²) in [5.41, 5.74) is 1.71. The molecule has 0 aliphatic rings. The highest BCUT2D eigenvalue weighted by molar-refractivity contribution is 5.93. The number of carbonyl (C=O) groups is 1. The van der Waals surface area contributed by atoms with E-state index in [1.165, 1.54) is 47.0 Å². The molecule has 6 heteroatoms. The SMILES string of the molecule is CCCCCCCCCC(=Cc1c(C)c(OC)c(OC)c(OC)c1OC)C(=O)O. The zero-order valence-corrected chi connectivity index (χ0v) is 18.7. The average molecular weight is 409 g/mol. The van der Waals surface area contributed by atoms with Crippen LogP contribution in [0.2, 0.25) is 0 Å². The summed E-state index contributed by atoms with van der Waals surface area (Å²) in [5.74, 6) is 0.805. The van der Waals surface area contributed by atoms with Crippen LogP contribution in [0.5, 0.6) is 23.0 Å². The number of hydrogen-bond donors (Lipinski definition) is 1. The highest BCUT2D eigenvalue weighted by atomic mass is 16.5. The van der Waals surface area contributed by atoms with Crippen molar-refractivity contribution < 1.29 is 28.8 Å². The van der Waals surface area contributed by atoms with Crippen molar-refractivity contribution in [2.24, 2.45) is 0 Å². The van der Waals surface area contributed by atoms with Gasteiger partial charge in [0.15, 0.2) is 11.5 Å². The number of hydrogen-bond acceptors (Lipinski definition) is 5. The Morgan fingerprint density at radius 1 is 0.793 bits per heavy atom. The second-order valence-corrected chi connectivity index (χ2v) is 7.02. The summed E-state index contributed by atoms with van der Waals surface area (Å²) >= 11 is 0. The summed E-state index contributed by atoms with van der Waals surface area (Å²) in [6.45, 7) is 4.05. The van der Waals surface area contributed by atoms with Gasteiger partial charge in [-0.05, 0) is 25.8 Å². The van der Waals surface area contributed by atoms with Gasteiger partial charge in [0.25, 0.3) is 0 Å². The van der Waals surface area contributed by atoms with Gasteiger partial charge in [-0.3, -0.25) is 0 Å². The Morgan fingerprint density at radius 3 is 1.76 bits per heavy atom. The van der Waals surface area contributed by atoms with Crippen molar-refractivity contribution >= 4 is 12.0 Å². The van der Waals surface area contributed by atoms with Crippen molar-refractivity contribution in [2.75, 3.05) is 28.4 Å². The van der Waals surface area contributed by atoms with E-state index in [2.05, 4.69) is 6.92 Å². The third kappa shape index (κ3) is 6.58. The molecule has 164 valence electrons. The molecular weight excluding hydrogens is 372 g/mol. The van der Waals surface area contributed by atoms with Crippen molar-refractivity contribution in [2.45, 2.75) is 65.2 Å². The van der Waals surface area contributed by atoms with Crippen LogP contribution in [-0.4, -0.2) is 39.5 Å². The van der Waals surface area contributed by atoms with E-state index in [1.54, 1.807) is 13.2 Å². The third-order valence-corrected chi connectivity index (χ3v) is 5.07. The van der Waals surface area contributed by atoms with Crippen LogP contribution in [0.1, 0.15) is 69.4 Å². The molecular formula is C23H36O6. The highest BCUT2D eigenvalue weighted by Gasteiger charge is 2.25. The van der Waals surface area contributed by atoms with Crippen molar-refractivity contribution in [3.63, 3.8) is 0 Å². The van der Waals surface area contributed by atoms with Crippen LogP contribution in [0, 0.1) is 6.92 Å². The fourth-order valence-electron chi connectivity index (χ4n) is 3.47. The number of benzene rings is 1. The summed E-state index contributed by atoms with van der Waals surface area (Å²) in [6.07, 6.45) is 10.1. The molecule has 29 heavy (non-hydrogen) atoms. The molecule has 0 aromatic heterocycles. The summed E-state index contributed by atoms with van der Waals surface area (Å²) < 4.78 is 22.0. The molecule has 0 spiro atoms. The van der Waals surface area contributed by atoms with Crippen LogP contribution in [0.4, 0.5) is 0 Å². The van der Waals surface area contributed by atoms with E-state index >= 15 is 0 Å². The van der Waals surface area contributed by atoms with E-state index < -0.39 is 5.97 Å². The fourth-order valence-corrected chi connectivity index (χ4v) is 3.47. The predicted molar refractivity (Wildman–Crippen MR) is 116 cm³/mol. The van der Waals surface area contributed by atoms with Gasteiger partial charge in [0.05, 0.1) is 28.4 Å². The second kappa shape index (κ2) is 13.0. The van der Waals surface area contributed by atoms with Gasteiger partial charge in [0, 0.05) is 16.7 Å². The number of methoxy groups -OCH3 is 4. The minimum absolute atomic E-state index is 0.342. The number of carboxylic acids is 1. The monoisotopic (exact) mass is 408 g/mol. The van der Waals surface area contributed by atoms with Crippen molar-refractivity contribution in [3.05, 3.63) is 16.7 Å². The Labute approximate surface area is 174 Å². The molecule has 1 rings (SSSR count). The summed E-state index contributed by atoms with van der Waals surface area (Å²) in [4.78, 5) is 11.9. The molecule has 1 aromatic rings. The van der Waals surface area contributed by atoms with Crippen molar-refractivity contribution in [1.29, 1.82) is 0 Å². The smallest absolute Gasteiger partial charge is 0.331 e. The standard InChI is InChI=1S/C23H36O6/c1-7-8-9-10-11-12-13-14-17(23(24)25)15-18-16(2)19(26-3)21(28-5)22(29-6)20(18)27-4/h15H,7-14H2,1-6H3,(H,24,25). The Bertz CT molecular complexity index is 693. The Kier molecular flexibility index (Phi) is 11.0. The Balaban J connectivity index is 3.17. The lowest BCUT2D eigenvalue weighted by molar-refractivity contribution is -0.132. The van der Waals surface area contributed by atoms with Gasteiger partial charge in [-0.25, -0.2) is 4.79 Å². The molecule has 0 saturated heterocycles. The van der Waals surface area contributed by atoms with Gasteiger partial charge in [0.1, 0.15) is 0 Å². The first-order valence-electron chi connectivity index (χ1n) is 10.3. The fraction of sp³-hybridized carbons (Fsp3) is 0.609. The molecule has 1 aromatic carbocycles. The maximum atomic E-state index is 11.9. The van der Waals surface area contributed by atoms with E-state index in [1.807, 2.05) is 6.92 Å². The van der Waals surface area contributed by atoms with Crippen molar-refractivity contribution in [1.82, 2.24) is 0 Å². The van der Waals surface area contributed by atoms with Crippen LogP contribution < -0.4 is 18.9 Å². The van der Waals surface area contributed by atoms with Gasteiger partial charge in [-0.2, -0.15) is 0 Å². The molecule has 1 N–H and O–H groups in total. The number of aliphatic carboxylic acids is 1. The third-order valence-electron chi connectivity index (χ3n) is 5.07. The maximum Gasteiger partial charge on any atom is 0.331 e. The molecule has 0 aliphatic carbocycles. The maximum absolute atomic E-state index is 11.9. The van der Waals surface area contributed by atoms with Crippen LogP contribution in [-0.2, 0) is 4.79 Å². The van der Waals surface area contributed by atoms with Gasteiger partial charge in [-0.1, -0.05) is 45.4 Å². The zero-order chi connectivity index (χ0) is 21.8. The van der Waals surface area contributed by atoms with Gasteiger partial charge in [0.2, 0.25) is 11.5 Å². The van der Waals surface area contributed by atoms with Crippen LogP contribution in [0.3, 0.4) is 0 Å². The van der Waals surface area contributed by atoms with E-state index in [-0.39, 0.29) is 0 Å². The lowest BCUT2D eigenvalue weighted by Gasteiger charge is -2.20. The van der Waals surface area contributed by atoms with Crippen molar-refractivity contribution in [3.8, 4) is 23.0 Å². The quantitative estimate of drug-likeness (QED) is 0.317. The first kappa shape index (κ1) is 24.7. The van der Waals surface area contributed by atoms with Gasteiger partial charge in [-0.15, -0.1) is 0 Å². The molecule has 0 saturated carbocycles. The lowest BCUT2D eigenvalue weighted by atomic mass is 9.98. The number of unbranched alkanes of at least 4 members (excludes halogenated alkanes) is 6. The summed E-state index contributed by atoms with van der Waals surface area (Å²) in [5, 5.41) is 9.72. The van der Waals surface area contributed by atoms with Crippen LogP contribution in [0.15, 0.2) is 5.57 Å². The predicted octanol–water partition coefficient (Wildman–Crippen LogP) is 5.64.